The van der Waals surface area contributed by atoms with E-state index in [1.165, 1.54) is 5.56 Å². The van der Waals surface area contributed by atoms with Crippen LogP contribution in [0.4, 0.5) is 0 Å². The van der Waals surface area contributed by atoms with E-state index in [0.717, 1.165) is 19.3 Å². The van der Waals surface area contributed by atoms with Gasteiger partial charge in [-0.1, -0.05) is 51.1 Å². The summed E-state index contributed by atoms with van der Waals surface area (Å²) in [7, 11) is 0. The maximum atomic E-state index is 12.5. The van der Waals surface area contributed by atoms with Crippen LogP contribution in [-0.4, -0.2) is 35.8 Å². The maximum absolute atomic E-state index is 12.5. The standard InChI is InChI=1S/C19H30N2O2/c1-4-10-18(22)21(15-13-16-11-8-7-9-12-16)17(6-3)19(23)20-14-5-2/h7-9,11-12,17H,4-6,10,13-15H2,1-3H3,(H,20,23). The van der Waals surface area contributed by atoms with Gasteiger partial charge in [-0.2, -0.15) is 0 Å². The average Bonchev–Trinajstić information content (AvgIpc) is 2.57. The van der Waals surface area contributed by atoms with Gasteiger partial charge in [0, 0.05) is 19.5 Å². The molecule has 0 aromatic heterocycles. The Kier molecular flexibility index (Phi) is 9.03. The van der Waals surface area contributed by atoms with Crippen molar-refractivity contribution in [3.05, 3.63) is 35.9 Å². The monoisotopic (exact) mass is 318 g/mol. The zero-order valence-electron chi connectivity index (χ0n) is 14.7. The van der Waals surface area contributed by atoms with Gasteiger partial charge in [-0.15, -0.1) is 0 Å². The quantitative estimate of drug-likeness (QED) is 0.720. The number of nitrogens with zero attached hydrogens (tertiary/aromatic N) is 1. The van der Waals surface area contributed by atoms with Crippen molar-refractivity contribution in [3.8, 4) is 0 Å². The second kappa shape index (κ2) is 10.8. The summed E-state index contributed by atoms with van der Waals surface area (Å²) in [5.41, 5.74) is 1.19. The number of hydrogen-bond acceptors (Lipinski definition) is 2. The van der Waals surface area contributed by atoms with Crippen molar-refractivity contribution < 1.29 is 9.59 Å². The van der Waals surface area contributed by atoms with E-state index >= 15 is 0 Å². The van der Waals surface area contributed by atoms with Crippen molar-refractivity contribution in [1.82, 2.24) is 10.2 Å². The minimum Gasteiger partial charge on any atom is -0.354 e. The molecule has 0 saturated carbocycles. The normalized spacial score (nSPS) is 11.8. The Bertz CT molecular complexity index is 474. The fraction of sp³-hybridized carbons (Fsp3) is 0.579. The van der Waals surface area contributed by atoms with Crippen molar-refractivity contribution in [2.24, 2.45) is 0 Å². The summed E-state index contributed by atoms with van der Waals surface area (Å²) in [6, 6.07) is 9.72. The number of carbonyl (C=O) groups is 2. The van der Waals surface area contributed by atoms with Crippen LogP contribution in [0.15, 0.2) is 30.3 Å². The molecule has 0 radical (unpaired) electrons. The lowest BCUT2D eigenvalue weighted by molar-refractivity contribution is -0.140. The summed E-state index contributed by atoms with van der Waals surface area (Å²) < 4.78 is 0. The maximum Gasteiger partial charge on any atom is 0.242 e. The molecule has 4 heteroatoms. The summed E-state index contributed by atoms with van der Waals surface area (Å²) in [4.78, 5) is 26.6. The molecule has 1 aromatic rings. The Morgan fingerprint density at radius 1 is 1.09 bits per heavy atom. The van der Waals surface area contributed by atoms with Crippen LogP contribution in [-0.2, 0) is 16.0 Å². The summed E-state index contributed by atoms with van der Waals surface area (Å²) in [5.74, 6) is 0.0359. The van der Waals surface area contributed by atoms with E-state index in [-0.39, 0.29) is 17.9 Å². The van der Waals surface area contributed by atoms with Gasteiger partial charge in [0.25, 0.3) is 0 Å². The van der Waals surface area contributed by atoms with E-state index in [9.17, 15) is 9.59 Å². The molecule has 0 aliphatic heterocycles. The minimum absolute atomic E-state index is 0.0353. The molecule has 1 unspecified atom stereocenters. The van der Waals surface area contributed by atoms with Gasteiger partial charge in [0.05, 0.1) is 0 Å². The predicted octanol–water partition coefficient (Wildman–Crippen LogP) is 3.16. The van der Waals surface area contributed by atoms with Gasteiger partial charge in [-0.05, 0) is 31.2 Å². The predicted molar refractivity (Wildman–Crippen MR) is 94.1 cm³/mol. The molecule has 128 valence electrons. The molecule has 0 aliphatic rings. The van der Waals surface area contributed by atoms with E-state index < -0.39 is 0 Å². The van der Waals surface area contributed by atoms with Crippen molar-refractivity contribution in [1.29, 1.82) is 0 Å². The molecule has 1 atom stereocenters. The van der Waals surface area contributed by atoms with Crippen molar-refractivity contribution in [2.45, 2.75) is 58.9 Å². The Hall–Kier alpha value is -1.84. The lowest BCUT2D eigenvalue weighted by Crippen LogP contribution is -2.50. The topological polar surface area (TPSA) is 49.4 Å². The van der Waals surface area contributed by atoms with E-state index in [1.54, 1.807) is 4.90 Å². The largest absolute Gasteiger partial charge is 0.354 e. The van der Waals surface area contributed by atoms with Crippen LogP contribution in [0.2, 0.25) is 0 Å². The van der Waals surface area contributed by atoms with Crippen molar-refractivity contribution in [3.63, 3.8) is 0 Å². The molecular weight excluding hydrogens is 288 g/mol. The van der Waals surface area contributed by atoms with Crippen LogP contribution in [0.25, 0.3) is 0 Å². The third-order valence-corrected chi connectivity index (χ3v) is 3.88. The number of benzene rings is 1. The number of amides is 2. The molecule has 2 amide bonds. The Balaban J connectivity index is 2.80. The molecule has 0 spiro atoms. The number of carbonyl (C=O) groups excluding carboxylic acids is 2. The molecule has 4 nitrogen and oxygen atoms in total. The summed E-state index contributed by atoms with van der Waals surface area (Å²) in [6.07, 6.45) is 3.60. The van der Waals surface area contributed by atoms with Crippen molar-refractivity contribution >= 4 is 11.8 Å². The SMILES string of the molecule is CCCNC(=O)C(CC)N(CCc1ccccc1)C(=O)CCC. The molecule has 1 rings (SSSR count). The molecule has 0 fully saturated rings. The van der Waals surface area contributed by atoms with Gasteiger partial charge in [0.2, 0.25) is 11.8 Å². The zero-order chi connectivity index (χ0) is 17.1. The van der Waals surface area contributed by atoms with Crippen molar-refractivity contribution in [2.75, 3.05) is 13.1 Å². The third kappa shape index (κ3) is 6.43. The lowest BCUT2D eigenvalue weighted by Gasteiger charge is -2.30. The third-order valence-electron chi connectivity index (χ3n) is 3.88. The van der Waals surface area contributed by atoms with E-state index in [0.29, 0.717) is 25.9 Å². The van der Waals surface area contributed by atoms with Crippen LogP contribution in [0.3, 0.4) is 0 Å². The summed E-state index contributed by atoms with van der Waals surface area (Å²) >= 11 is 0. The Labute approximate surface area is 140 Å². The lowest BCUT2D eigenvalue weighted by atomic mass is 10.1. The summed E-state index contributed by atoms with van der Waals surface area (Å²) in [5, 5.41) is 2.93. The number of rotatable bonds is 10. The molecule has 0 bridgehead atoms. The van der Waals surface area contributed by atoms with Crippen LogP contribution >= 0.6 is 0 Å². The second-order valence-electron chi connectivity index (χ2n) is 5.79. The first-order chi connectivity index (χ1) is 11.1. The molecule has 1 N–H and O–H groups in total. The molecule has 23 heavy (non-hydrogen) atoms. The number of hydrogen-bond donors (Lipinski definition) is 1. The second-order valence-corrected chi connectivity index (χ2v) is 5.79. The van der Waals surface area contributed by atoms with E-state index in [1.807, 2.05) is 39.0 Å². The van der Waals surface area contributed by atoms with Gasteiger partial charge >= 0.3 is 0 Å². The van der Waals surface area contributed by atoms with Crippen LogP contribution < -0.4 is 5.32 Å². The molecule has 0 heterocycles. The van der Waals surface area contributed by atoms with Gasteiger partial charge in [-0.25, -0.2) is 0 Å². The molecule has 0 saturated heterocycles. The fourth-order valence-corrected chi connectivity index (χ4v) is 2.62. The van der Waals surface area contributed by atoms with Crippen LogP contribution in [0.1, 0.15) is 52.0 Å². The van der Waals surface area contributed by atoms with Gasteiger partial charge in [0.15, 0.2) is 0 Å². The molecule has 1 aromatic carbocycles. The highest BCUT2D eigenvalue weighted by Crippen LogP contribution is 2.11. The minimum atomic E-state index is -0.371. The highest BCUT2D eigenvalue weighted by Gasteiger charge is 2.27. The first-order valence-electron chi connectivity index (χ1n) is 8.75. The average molecular weight is 318 g/mol. The van der Waals surface area contributed by atoms with Gasteiger partial charge < -0.3 is 10.2 Å². The van der Waals surface area contributed by atoms with Crippen LogP contribution in [0, 0.1) is 0 Å². The smallest absolute Gasteiger partial charge is 0.242 e. The highest BCUT2D eigenvalue weighted by molar-refractivity contribution is 5.87. The van der Waals surface area contributed by atoms with Gasteiger partial charge in [-0.3, -0.25) is 9.59 Å². The van der Waals surface area contributed by atoms with Gasteiger partial charge in [0.1, 0.15) is 6.04 Å². The first-order valence-corrected chi connectivity index (χ1v) is 8.75. The number of nitrogens with one attached hydrogen (secondary N) is 1. The molecule has 0 aliphatic carbocycles. The summed E-state index contributed by atoms with van der Waals surface area (Å²) in [6.45, 7) is 7.22. The van der Waals surface area contributed by atoms with Crippen LogP contribution in [0.5, 0.6) is 0 Å². The Morgan fingerprint density at radius 3 is 2.35 bits per heavy atom. The highest BCUT2D eigenvalue weighted by atomic mass is 16.2. The van der Waals surface area contributed by atoms with E-state index in [2.05, 4.69) is 17.4 Å². The first kappa shape index (κ1) is 19.2. The Morgan fingerprint density at radius 2 is 1.78 bits per heavy atom. The fourth-order valence-electron chi connectivity index (χ4n) is 2.62. The van der Waals surface area contributed by atoms with E-state index in [4.69, 9.17) is 0 Å². The molecular formula is C19H30N2O2. The zero-order valence-corrected chi connectivity index (χ0v) is 14.7.